The van der Waals surface area contributed by atoms with Crippen molar-refractivity contribution in [3.05, 3.63) is 40.9 Å². The number of Topliss-reactive ketones (excluding diaryl/α,β-unsaturated/α-hetero) is 1. The monoisotopic (exact) mass is 442 g/mol. The number of halogens is 3. The molecule has 0 aliphatic heterocycles. The summed E-state index contributed by atoms with van der Waals surface area (Å²) in [5, 5.41) is 2.41. The molecule has 0 saturated carbocycles. The summed E-state index contributed by atoms with van der Waals surface area (Å²) in [7, 11) is 0. The lowest BCUT2D eigenvalue weighted by Crippen LogP contribution is -2.50. The van der Waals surface area contributed by atoms with Crippen LogP contribution in [0, 0.1) is 0 Å². The standard InChI is InChI=1S/C20H25F3N4O4/c1-19(2,3)31-18(30)16(9-8-14(28)11-26-25)27-17(29)15(24)10-12-4-6-13(7-5-12)20(21,22)23/h4-7,11,15-16H,8-10,24H2,1-3H3,(H,27,29)/t15-,16-/m0/s1. The Balaban J connectivity index is 2.83. The fourth-order valence-corrected chi connectivity index (χ4v) is 2.49. The first-order chi connectivity index (χ1) is 14.2. The van der Waals surface area contributed by atoms with Gasteiger partial charge in [0.25, 0.3) is 0 Å². The molecule has 0 aromatic heterocycles. The third-order valence-corrected chi connectivity index (χ3v) is 3.96. The molecule has 0 aliphatic carbocycles. The molecule has 1 amide bonds. The number of carbonyl (C=O) groups is 3. The average molecular weight is 442 g/mol. The quantitative estimate of drug-likeness (QED) is 0.261. The van der Waals surface area contributed by atoms with Gasteiger partial charge in [-0.25, -0.2) is 4.79 Å². The van der Waals surface area contributed by atoms with Gasteiger partial charge >= 0.3 is 18.4 Å². The normalized spacial score (nSPS) is 13.5. The minimum atomic E-state index is -4.48. The number of nitrogens with zero attached hydrogens (tertiary/aromatic N) is 2. The molecular formula is C20H25F3N4O4. The molecule has 0 radical (unpaired) electrons. The van der Waals surface area contributed by atoms with E-state index in [9.17, 15) is 27.6 Å². The van der Waals surface area contributed by atoms with Crippen LogP contribution in [-0.4, -0.2) is 46.3 Å². The van der Waals surface area contributed by atoms with Crippen molar-refractivity contribution in [3.8, 4) is 0 Å². The first-order valence-electron chi connectivity index (χ1n) is 9.38. The van der Waals surface area contributed by atoms with Gasteiger partial charge in [0, 0.05) is 6.42 Å². The lowest BCUT2D eigenvalue weighted by atomic mass is 10.0. The summed E-state index contributed by atoms with van der Waals surface area (Å²) in [6, 6.07) is 1.86. The minimum absolute atomic E-state index is 0.0683. The van der Waals surface area contributed by atoms with E-state index in [2.05, 4.69) is 10.1 Å². The first kappa shape index (κ1) is 26.0. The Morgan fingerprint density at radius 1 is 1.19 bits per heavy atom. The second-order valence-corrected chi connectivity index (χ2v) is 7.85. The van der Waals surface area contributed by atoms with E-state index in [1.165, 1.54) is 12.1 Å². The summed E-state index contributed by atoms with van der Waals surface area (Å²) >= 11 is 0. The van der Waals surface area contributed by atoms with E-state index >= 15 is 0 Å². The molecule has 0 aliphatic rings. The molecule has 1 rings (SSSR count). The van der Waals surface area contributed by atoms with E-state index < -0.39 is 47.1 Å². The minimum Gasteiger partial charge on any atom is -0.458 e. The highest BCUT2D eigenvalue weighted by molar-refractivity contribution is 6.25. The lowest BCUT2D eigenvalue weighted by Gasteiger charge is -2.25. The molecule has 0 bridgehead atoms. The number of hydrogen-bond acceptors (Lipinski definition) is 5. The van der Waals surface area contributed by atoms with Crippen LogP contribution in [0.15, 0.2) is 24.3 Å². The summed E-state index contributed by atoms with van der Waals surface area (Å²) in [6.45, 7) is 4.89. The zero-order valence-electron chi connectivity index (χ0n) is 17.4. The largest absolute Gasteiger partial charge is 0.458 e. The maximum Gasteiger partial charge on any atom is 0.416 e. The highest BCUT2D eigenvalue weighted by atomic mass is 19.4. The molecule has 170 valence electrons. The number of nitrogens with two attached hydrogens (primary N) is 1. The number of rotatable bonds is 9. The third kappa shape index (κ3) is 9.54. The van der Waals surface area contributed by atoms with Crippen molar-refractivity contribution in [1.82, 2.24) is 5.32 Å². The van der Waals surface area contributed by atoms with E-state index in [0.717, 1.165) is 12.1 Å². The maximum absolute atomic E-state index is 12.6. The molecular weight excluding hydrogens is 417 g/mol. The molecule has 0 fully saturated rings. The van der Waals surface area contributed by atoms with Gasteiger partial charge < -0.3 is 21.3 Å². The van der Waals surface area contributed by atoms with Gasteiger partial charge in [0.1, 0.15) is 11.6 Å². The topological polar surface area (TPSA) is 135 Å². The van der Waals surface area contributed by atoms with Gasteiger partial charge in [-0.15, -0.1) is 0 Å². The lowest BCUT2D eigenvalue weighted by molar-refractivity contribution is -0.159. The van der Waals surface area contributed by atoms with Gasteiger partial charge in [0.2, 0.25) is 11.7 Å². The number of esters is 1. The van der Waals surface area contributed by atoms with E-state index in [-0.39, 0.29) is 19.3 Å². The third-order valence-electron chi connectivity index (χ3n) is 3.96. The van der Waals surface area contributed by atoms with E-state index in [1.807, 2.05) is 0 Å². The summed E-state index contributed by atoms with van der Waals surface area (Å²) in [4.78, 5) is 39.0. The highest BCUT2D eigenvalue weighted by Crippen LogP contribution is 2.29. The Morgan fingerprint density at radius 2 is 1.77 bits per heavy atom. The average Bonchev–Trinajstić information content (AvgIpc) is 2.63. The number of hydrogen-bond donors (Lipinski definition) is 2. The Bertz CT molecular complexity index is 841. The molecule has 0 heterocycles. The van der Waals surface area contributed by atoms with Crippen LogP contribution >= 0.6 is 0 Å². The van der Waals surface area contributed by atoms with Crippen LogP contribution in [0.4, 0.5) is 13.2 Å². The molecule has 1 aromatic rings. The van der Waals surface area contributed by atoms with Crippen LogP contribution in [0.1, 0.15) is 44.7 Å². The maximum atomic E-state index is 12.6. The van der Waals surface area contributed by atoms with Crippen molar-refractivity contribution < 1.29 is 37.1 Å². The molecule has 3 N–H and O–H groups in total. The molecule has 8 nitrogen and oxygen atoms in total. The number of benzene rings is 1. The van der Waals surface area contributed by atoms with Crippen LogP contribution in [0.25, 0.3) is 5.53 Å². The number of nitrogens with one attached hydrogen (secondary N) is 1. The molecule has 0 saturated heterocycles. The Morgan fingerprint density at radius 3 is 2.26 bits per heavy atom. The molecule has 0 spiro atoms. The predicted octanol–water partition coefficient (Wildman–Crippen LogP) is 2.05. The van der Waals surface area contributed by atoms with E-state index in [0.29, 0.717) is 11.8 Å². The van der Waals surface area contributed by atoms with Crippen LogP contribution in [-0.2, 0) is 31.7 Å². The number of ether oxygens (including phenoxy) is 1. The summed E-state index contributed by atoms with van der Waals surface area (Å²) < 4.78 is 43.2. The van der Waals surface area contributed by atoms with E-state index in [1.54, 1.807) is 20.8 Å². The smallest absolute Gasteiger partial charge is 0.416 e. The summed E-state index contributed by atoms with van der Waals surface area (Å²) in [5.41, 5.74) is 13.0. The summed E-state index contributed by atoms with van der Waals surface area (Å²) in [6.07, 6.45) is -4.21. The van der Waals surface area contributed by atoms with E-state index in [4.69, 9.17) is 16.0 Å². The van der Waals surface area contributed by atoms with Gasteiger partial charge in [-0.05, 0) is 51.3 Å². The van der Waals surface area contributed by atoms with Gasteiger partial charge in [-0.1, -0.05) is 12.1 Å². The summed E-state index contributed by atoms with van der Waals surface area (Å²) in [5.74, 6) is -2.09. The number of ketones is 1. The Kier molecular flexibility index (Phi) is 9.08. The van der Waals surface area contributed by atoms with Crippen molar-refractivity contribution in [2.24, 2.45) is 5.73 Å². The second kappa shape index (κ2) is 10.8. The zero-order valence-corrected chi connectivity index (χ0v) is 17.4. The van der Waals surface area contributed by atoms with Crippen LogP contribution in [0.3, 0.4) is 0 Å². The molecule has 11 heteroatoms. The Hall–Kier alpha value is -3.04. The second-order valence-electron chi connectivity index (χ2n) is 7.85. The Labute approximate surface area is 177 Å². The number of amides is 1. The molecule has 1 aromatic carbocycles. The van der Waals surface area contributed by atoms with Crippen molar-refractivity contribution in [2.45, 2.75) is 63.9 Å². The van der Waals surface area contributed by atoms with Crippen LogP contribution in [0.2, 0.25) is 0 Å². The molecule has 0 unspecified atom stereocenters. The van der Waals surface area contributed by atoms with Crippen LogP contribution in [0.5, 0.6) is 0 Å². The number of carbonyl (C=O) groups excluding carboxylic acids is 3. The van der Waals surface area contributed by atoms with Gasteiger partial charge in [-0.3, -0.25) is 9.59 Å². The van der Waals surface area contributed by atoms with Crippen molar-refractivity contribution in [3.63, 3.8) is 0 Å². The first-order valence-corrected chi connectivity index (χ1v) is 9.38. The fourth-order valence-electron chi connectivity index (χ4n) is 2.49. The molecule has 2 atom stereocenters. The predicted molar refractivity (Wildman–Crippen MR) is 105 cm³/mol. The van der Waals surface area contributed by atoms with Gasteiger partial charge in [0.15, 0.2) is 0 Å². The zero-order chi connectivity index (χ0) is 23.8. The van der Waals surface area contributed by atoms with Gasteiger partial charge in [-0.2, -0.15) is 18.0 Å². The van der Waals surface area contributed by atoms with Gasteiger partial charge in [0.05, 0.1) is 11.6 Å². The highest BCUT2D eigenvalue weighted by Gasteiger charge is 2.31. The van der Waals surface area contributed by atoms with Crippen molar-refractivity contribution in [1.29, 1.82) is 0 Å². The molecule has 31 heavy (non-hydrogen) atoms. The van der Waals surface area contributed by atoms with Crippen LogP contribution < -0.4 is 11.1 Å². The van der Waals surface area contributed by atoms with Crippen molar-refractivity contribution >= 4 is 23.9 Å². The fraction of sp³-hybridized carbons (Fsp3) is 0.500. The van der Waals surface area contributed by atoms with Crippen molar-refractivity contribution in [2.75, 3.05) is 0 Å². The SMILES string of the molecule is CC(C)(C)OC(=O)[C@H](CCC(=O)C=[N+]=[N-])NC(=O)[C@@H](N)Cc1ccc(C(F)(F)F)cc1. The number of alkyl halides is 3.